The molecule has 7 nitrogen and oxygen atoms in total. The van der Waals surface area contributed by atoms with E-state index < -0.39 is 5.97 Å². The van der Waals surface area contributed by atoms with Crippen molar-refractivity contribution in [2.24, 2.45) is 0 Å². The number of amides is 1. The van der Waals surface area contributed by atoms with Crippen molar-refractivity contribution in [2.75, 3.05) is 11.9 Å². The third-order valence-corrected chi connectivity index (χ3v) is 4.52. The number of nitrogens with one attached hydrogen (secondary N) is 1. The fraction of sp³-hybridized carbons (Fsp3) is 0.476. The van der Waals surface area contributed by atoms with Crippen molar-refractivity contribution in [3.05, 3.63) is 41.7 Å². The van der Waals surface area contributed by atoms with Crippen molar-refractivity contribution in [1.29, 1.82) is 0 Å². The number of aromatic nitrogens is 2. The van der Waals surface area contributed by atoms with Crippen LogP contribution in [-0.4, -0.2) is 33.4 Å². The van der Waals surface area contributed by atoms with E-state index >= 15 is 0 Å². The molecule has 1 saturated carbocycles. The van der Waals surface area contributed by atoms with Crippen molar-refractivity contribution in [3.63, 3.8) is 0 Å². The van der Waals surface area contributed by atoms with E-state index in [4.69, 9.17) is 9.84 Å². The fourth-order valence-electron chi connectivity index (χ4n) is 2.96. The highest BCUT2D eigenvalue weighted by atomic mass is 16.5. The third kappa shape index (κ3) is 5.12. The molecule has 0 unspecified atom stereocenters. The zero-order valence-corrected chi connectivity index (χ0v) is 16.6. The number of rotatable bonds is 8. The predicted molar refractivity (Wildman–Crippen MR) is 106 cm³/mol. The maximum Gasteiger partial charge on any atom is 0.303 e. The van der Waals surface area contributed by atoms with Crippen LogP contribution in [0.2, 0.25) is 0 Å². The van der Waals surface area contributed by atoms with Crippen LogP contribution in [0.25, 0.3) is 0 Å². The van der Waals surface area contributed by atoms with Gasteiger partial charge in [0.15, 0.2) is 5.69 Å². The molecule has 0 spiro atoms. The lowest BCUT2D eigenvalue weighted by Gasteiger charge is -2.22. The predicted octanol–water partition coefficient (Wildman–Crippen LogP) is 4.01. The second-order valence-electron chi connectivity index (χ2n) is 8.14. The van der Waals surface area contributed by atoms with Crippen molar-refractivity contribution >= 4 is 17.6 Å². The molecule has 1 aliphatic rings. The van der Waals surface area contributed by atoms with Crippen LogP contribution < -0.4 is 10.1 Å². The fourth-order valence-corrected chi connectivity index (χ4v) is 2.96. The van der Waals surface area contributed by atoms with E-state index in [1.807, 2.05) is 10.7 Å². The van der Waals surface area contributed by atoms with E-state index in [-0.39, 0.29) is 17.9 Å². The highest BCUT2D eigenvalue weighted by molar-refractivity contribution is 6.03. The number of hydrogen-bond acceptors (Lipinski definition) is 4. The Bertz CT molecular complexity index is 846. The minimum absolute atomic E-state index is 0.0815. The molecule has 1 amide bonds. The summed E-state index contributed by atoms with van der Waals surface area (Å²) in [6, 6.07) is 8.91. The van der Waals surface area contributed by atoms with Gasteiger partial charge in [-0.2, -0.15) is 5.10 Å². The Morgan fingerprint density at radius 1 is 1.25 bits per heavy atom. The van der Waals surface area contributed by atoms with Gasteiger partial charge < -0.3 is 15.2 Å². The average molecular weight is 385 g/mol. The summed E-state index contributed by atoms with van der Waals surface area (Å²) in [6.45, 7) is 6.60. The molecule has 150 valence electrons. The third-order valence-electron chi connectivity index (χ3n) is 4.52. The summed E-state index contributed by atoms with van der Waals surface area (Å²) in [6.07, 6.45) is 2.83. The van der Waals surface area contributed by atoms with E-state index in [1.54, 1.807) is 24.3 Å². The first-order valence-corrected chi connectivity index (χ1v) is 9.60. The Morgan fingerprint density at radius 2 is 1.93 bits per heavy atom. The summed E-state index contributed by atoms with van der Waals surface area (Å²) in [4.78, 5) is 23.1. The first kappa shape index (κ1) is 19.9. The largest absolute Gasteiger partial charge is 0.494 e. The highest BCUT2D eigenvalue weighted by Crippen LogP contribution is 2.41. The standard InChI is InChI=1S/C21H27N3O4/c1-21(2,3)24-18(14-6-7-14)13-17(23-24)20(27)22-15-8-10-16(11-9-15)28-12-4-5-19(25)26/h8-11,13-14H,4-7,12H2,1-3H3,(H,22,27)(H,25,26). The van der Waals surface area contributed by atoms with Crippen LogP contribution in [0.3, 0.4) is 0 Å². The summed E-state index contributed by atoms with van der Waals surface area (Å²) >= 11 is 0. The van der Waals surface area contributed by atoms with Crippen LogP contribution in [0, 0.1) is 0 Å². The quantitative estimate of drug-likeness (QED) is 0.670. The second-order valence-corrected chi connectivity index (χ2v) is 8.14. The number of benzene rings is 1. The molecule has 0 bridgehead atoms. The van der Waals surface area contributed by atoms with Gasteiger partial charge in [0.25, 0.3) is 5.91 Å². The monoisotopic (exact) mass is 385 g/mol. The van der Waals surface area contributed by atoms with Gasteiger partial charge in [-0.25, -0.2) is 0 Å². The molecule has 0 atom stereocenters. The first-order chi connectivity index (χ1) is 13.2. The van der Waals surface area contributed by atoms with Crippen molar-refractivity contribution in [1.82, 2.24) is 9.78 Å². The molecule has 0 aliphatic heterocycles. The van der Waals surface area contributed by atoms with Crippen LogP contribution in [0.1, 0.15) is 68.6 Å². The Hall–Kier alpha value is -2.83. The summed E-state index contributed by atoms with van der Waals surface area (Å²) in [5.41, 5.74) is 2.03. The van der Waals surface area contributed by atoms with Gasteiger partial charge in [-0.05, 0) is 70.4 Å². The van der Waals surface area contributed by atoms with Crippen LogP contribution in [-0.2, 0) is 10.3 Å². The Morgan fingerprint density at radius 3 is 2.50 bits per heavy atom. The summed E-state index contributed by atoms with van der Waals surface area (Å²) < 4.78 is 7.47. The minimum Gasteiger partial charge on any atom is -0.494 e. The molecule has 1 aromatic carbocycles. The molecule has 2 N–H and O–H groups in total. The molecule has 3 rings (SSSR count). The Labute approximate surface area is 164 Å². The van der Waals surface area contributed by atoms with Crippen LogP contribution in [0.4, 0.5) is 5.69 Å². The van der Waals surface area contributed by atoms with Gasteiger partial charge >= 0.3 is 5.97 Å². The van der Waals surface area contributed by atoms with Crippen molar-refractivity contribution in [2.45, 2.75) is 57.9 Å². The summed E-state index contributed by atoms with van der Waals surface area (Å²) in [7, 11) is 0. The Balaban J connectivity index is 1.61. The number of anilines is 1. The molecule has 28 heavy (non-hydrogen) atoms. The van der Waals surface area contributed by atoms with Gasteiger partial charge in [-0.3, -0.25) is 14.3 Å². The number of aliphatic carboxylic acids is 1. The average Bonchev–Trinajstić information content (AvgIpc) is 3.36. The lowest BCUT2D eigenvalue weighted by molar-refractivity contribution is -0.137. The van der Waals surface area contributed by atoms with E-state index in [2.05, 4.69) is 31.2 Å². The summed E-state index contributed by atoms with van der Waals surface area (Å²) in [5.74, 6) is 0.0719. The van der Waals surface area contributed by atoms with Crippen LogP contribution in [0.5, 0.6) is 5.75 Å². The van der Waals surface area contributed by atoms with Gasteiger partial charge in [0, 0.05) is 23.7 Å². The molecular weight excluding hydrogens is 358 g/mol. The van der Waals surface area contributed by atoms with Gasteiger partial charge in [0.1, 0.15) is 5.75 Å². The highest BCUT2D eigenvalue weighted by Gasteiger charge is 2.32. The van der Waals surface area contributed by atoms with Gasteiger partial charge in [-0.1, -0.05) is 0 Å². The number of carboxylic acids is 1. The van der Waals surface area contributed by atoms with E-state index in [0.29, 0.717) is 36.1 Å². The van der Waals surface area contributed by atoms with Gasteiger partial charge in [0.2, 0.25) is 0 Å². The lowest BCUT2D eigenvalue weighted by atomic mass is 10.1. The number of ether oxygens (including phenoxy) is 1. The topological polar surface area (TPSA) is 93.5 Å². The number of carboxylic acid groups (broad SMARTS) is 1. The number of nitrogens with zero attached hydrogens (tertiary/aromatic N) is 2. The van der Waals surface area contributed by atoms with E-state index in [1.165, 1.54) is 0 Å². The number of carbonyl (C=O) groups is 2. The van der Waals surface area contributed by atoms with Crippen molar-refractivity contribution < 1.29 is 19.4 Å². The number of hydrogen-bond donors (Lipinski definition) is 2. The maximum absolute atomic E-state index is 12.6. The van der Waals surface area contributed by atoms with Crippen LogP contribution in [0.15, 0.2) is 30.3 Å². The lowest BCUT2D eigenvalue weighted by Crippen LogP contribution is -2.25. The van der Waals surface area contributed by atoms with Crippen LogP contribution >= 0.6 is 0 Å². The number of carbonyl (C=O) groups excluding carboxylic acids is 1. The smallest absolute Gasteiger partial charge is 0.303 e. The maximum atomic E-state index is 12.6. The second kappa shape index (κ2) is 8.04. The SMILES string of the molecule is CC(C)(C)n1nc(C(=O)Nc2ccc(OCCCC(=O)O)cc2)cc1C1CC1. The molecule has 1 heterocycles. The van der Waals surface area contributed by atoms with Crippen molar-refractivity contribution in [3.8, 4) is 5.75 Å². The Kier molecular flexibility index (Phi) is 5.72. The molecule has 1 aromatic heterocycles. The van der Waals surface area contributed by atoms with E-state index in [0.717, 1.165) is 18.5 Å². The zero-order chi connectivity index (χ0) is 20.3. The molecule has 1 aliphatic carbocycles. The molecule has 0 radical (unpaired) electrons. The molecule has 2 aromatic rings. The van der Waals surface area contributed by atoms with E-state index in [9.17, 15) is 9.59 Å². The first-order valence-electron chi connectivity index (χ1n) is 9.60. The minimum atomic E-state index is -0.833. The summed E-state index contributed by atoms with van der Waals surface area (Å²) in [5, 5.41) is 16.0. The molecular formula is C21H27N3O4. The molecule has 1 fully saturated rings. The van der Waals surface area contributed by atoms with Gasteiger partial charge in [0.05, 0.1) is 12.1 Å². The normalized spacial score (nSPS) is 14.0. The zero-order valence-electron chi connectivity index (χ0n) is 16.6. The molecule has 0 saturated heterocycles. The molecule has 7 heteroatoms. The van der Waals surface area contributed by atoms with Gasteiger partial charge in [-0.15, -0.1) is 0 Å².